The summed E-state index contributed by atoms with van der Waals surface area (Å²) in [5.74, 6) is 0. The Morgan fingerprint density at radius 3 is 1.81 bits per heavy atom. The maximum atomic E-state index is 4.16. The monoisotopic (exact) mass is 221 g/mol. The van der Waals surface area contributed by atoms with Crippen molar-refractivity contribution in [1.82, 2.24) is 5.01 Å². The average Bonchev–Trinajstić information content (AvgIpc) is 2.29. The zero-order chi connectivity index (χ0) is 12.6. The van der Waals surface area contributed by atoms with Crippen LogP contribution < -0.4 is 4.90 Å². The van der Waals surface area contributed by atoms with Crippen LogP contribution in [0.15, 0.2) is 29.4 Å². The second-order valence-corrected chi connectivity index (χ2v) is 3.58. The van der Waals surface area contributed by atoms with Crippen molar-refractivity contribution >= 4 is 11.9 Å². The van der Waals surface area contributed by atoms with E-state index in [0.717, 1.165) is 5.56 Å². The lowest BCUT2D eigenvalue weighted by Gasteiger charge is -2.11. The molecule has 0 N–H and O–H groups in total. The second-order valence-electron chi connectivity index (χ2n) is 3.58. The number of hydrogen-bond donors (Lipinski definition) is 0. The van der Waals surface area contributed by atoms with Crippen molar-refractivity contribution in [2.24, 2.45) is 5.10 Å². The lowest BCUT2D eigenvalue weighted by molar-refractivity contribution is 0.440. The molecule has 90 valence electrons. The Kier molecular flexibility index (Phi) is 7.01. The molecule has 0 atom stereocenters. The minimum Gasteiger partial charge on any atom is -0.378 e. The van der Waals surface area contributed by atoms with Crippen LogP contribution >= 0.6 is 0 Å². The van der Waals surface area contributed by atoms with Crippen molar-refractivity contribution < 1.29 is 0 Å². The van der Waals surface area contributed by atoms with Crippen molar-refractivity contribution in [2.45, 2.75) is 13.8 Å². The van der Waals surface area contributed by atoms with E-state index in [1.54, 1.807) is 5.01 Å². The molecule has 0 aromatic heterocycles. The highest BCUT2D eigenvalue weighted by molar-refractivity contribution is 5.80. The van der Waals surface area contributed by atoms with Gasteiger partial charge in [0.05, 0.1) is 6.21 Å². The van der Waals surface area contributed by atoms with E-state index >= 15 is 0 Å². The topological polar surface area (TPSA) is 18.8 Å². The quantitative estimate of drug-likeness (QED) is 0.577. The van der Waals surface area contributed by atoms with E-state index in [4.69, 9.17) is 0 Å². The smallest absolute Gasteiger partial charge is 0.0542 e. The lowest BCUT2D eigenvalue weighted by atomic mass is 10.2. The first kappa shape index (κ1) is 14.5. The molecule has 3 nitrogen and oxygen atoms in total. The Balaban J connectivity index is 0.00000106. The summed E-state index contributed by atoms with van der Waals surface area (Å²) in [6, 6.07) is 8.28. The number of hydrazone groups is 1. The summed E-state index contributed by atoms with van der Waals surface area (Å²) in [6.07, 6.45) is 1.85. The molecular weight excluding hydrogens is 198 g/mol. The highest BCUT2D eigenvalue weighted by Crippen LogP contribution is 2.10. The van der Waals surface area contributed by atoms with Crippen molar-refractivity contribution in [3.63, 3.8) is 0 Å². The van der Waals surface area contributed by atoms with Crippen LogP contribution in [0.4, 0.5) is 5.69 Å². The molecule has 0 unspecified atom stereocenters. The Morgan fingerprint density at radius 1 is 0.938 bits per heavy atom. The SMILES string of the molecule is CC.CN(C)N=Cc1ccc(N(C)C)cc1. The van der Waals surface area contributed by atoms with Crippen LogP contribution in [-0.4, -0.2) is 39.4 Å². The van der Waals surface area contributed by atoms with Crippen molar-refractivity contribution in [1.29, 1.82) is 0 Å². The number of benzene rings is 1. The molecule has 0 aliphatic heterocycles. The summed E-state index contributed by atoms with van der Waals surface area (Å²) in [6.45, 7) is 4.00. The normalized spacial score (nSPS) is 9.62. The highest BCUT2D eigenvalue weighted by Gasteiger charge is 1.93. The molecule has 0 bridgehead atoms. The molecule has 1 aromatic carbocycles. The fraction of sp³-hybridized carbons (Fsp3) is 0.462. The predicted molar refractivity (Wildman–Crippen MR) is 73.4 cm³/mol. The molecule has 0 amide bonds. The highest BCUT2D eigenvalue weighted by atomic mass is 15.4. The molecule has 3 heteroatoms. The number of rotatable bonds is 3. The summed E-state index contributed by atoms with van der Waals surface area (Å²) >= 11 is 0. The van der Waals surface area contributed by atoms with Gasteiger partial charge in [0.15, 0.2) is 0 Å². The third kappa shape index (κ3) is 5.39. The number of nitrogens with zero attached hydrogens (tertiary/aromatic N) is 3. The van der Waals surface area contributed by atoms with E-state index in [-0.39, 0.29) is 0 Å². The van der Waals surface area contributed by atoms with Crippen LogP contribution in [-0.2, 0) is 0 Å². The van der Waals surface area contributed by atoms with Gasteiger partial charge >= 0.3 is 0 Å². The molecule has 16 heavy (non-hydrogen) atoms. The van der Waals surface area contributed by atoms with Gasteiger partial charge in [0.25, 0.3) is 0 Å². The largest absolute Gasteiger partial charge is 0.378 e. The number of hydrogen-bond acceptors (Lipinski definition) is 3. The van der Waals surface area contributed by atoms with Gasteiger partial charge < -0.3 is 9.91 Å². The first-order valence-corrected chi connectivity index (χ1v) is 5.58. The zero-order valence-electron chi connectivity index (χ0n) is 11.2. The Bertz CT molecular complexity index is 299. The first-order chi connectivity index (χ1) is 7.59. The van der Waals surface area contributed by atoms with E-state index < -0.39 is 0 Å². The van der Waals surface area contributed by atoms with Crippen molar-refractivity contribution in [3.05, 3.63) is 29.8 Å². The van der Waals surface area contributed by atoms with Gasteiger partial charge in [-0.1, -0.05) is 26.0 Å². The van der Waals surface area contributed by atoms with E-state index in [1.807, 2.05) is 48.3 Å². The van der Waals surface area contributed by atoms with Crippen LogP contribution in [0.1, 0.15) is 19.4 Å². The fourth-order valence-electron chi connectivity index (χ4n) is 1.04. The van der Waals surface area contributed by atoms with Gasteiger partial charge in [-0.3, -0.25) is 0 Å². The summed E-state index contributed by atoms with van der Waals surface area (Å²) < 4.78 is 0. The third-order valence-corrected chi connectivity index (χ3v) is 1.85. The van der Waals surface area contributed by atoms with Gasteiger partial charge in [0.2, 0.25) is 0 Å². The van der Waals surface area contributed by atoms with Crippen molar-refractivity contribution in [2.75, 3.05) is 33.1 Å². The molecule has 0 saturated heterocycles. The van der Waals surface area contributed by atoms with E-state index in [1.165, 1.54) is 5.69 Å². The molecule has 0 fully saturated rings. The molecule has 0 heterocycles. The first-order valence-electron chi connectivity index (χ1n) is 5.58. The van der Waals surface area contributed by atoms with Crippen LogP contribution in [0.25, 0.3) is 0 Å². The molecule has 0 aliphatic rings. The summed E-state index contributed by atoms with van der Waals surface area (Å²) in [7, 11) is 7.88. The summed E-state index contributed by atoms with van der Waals surface area (Å²) in [5.41, 5.74) is 2.32. The van der Waals surface area contributed by atoms with E-state index in [9.17, 15) is 0 Å². The van der Waals surface area contributed by atoms with Gasteiger partial charge in [-0.15, -0.1) is 0 Å². The minimum absolute atomic E-state index is 1.12. The average molecular weight is 221 g/mol. The van der Waals surface area contributed by atoms with Gasteiger partial charge in [0, 0.05) is 33.9 Å². The minimum atomic E-state index is 1.12. The predicted octanol–water partition coefficient (Wildman–Crippen LogP) is 2.67. The fourth-order valence-corrected chi connectivity index (χ4v) is 1.04. The van der Waals surface area contributed by atoms with Gasteiger partial charge in [-0.05, 0) is 17.7 Å². The van der Waals surface area contributed by atoms with Crippen LogP contribution in [0, 0.1) is 0 Å². The Hall–Kier alpha value is -1.51. The molecule has 0 saturated carbocycles. The molecule has 1 rings (SSSR count). The molecule has 0 radical (unpaired) electrons. The Morgan fingerprint density at radius 2 is 1.44 bits per heavy atom. The molecule has 1 aromatic rings. The summed E-state index contributed by atoms with van der Waals surface area (Å²) in [4.78, 5) is 2.08. The van der Waals surface area contributed by atoms with Crippen LogP contribution in [0.5, 0.6) is 0 Å². The van der Waals surface area contributed by atoms with Crippen LogP contribution in [0.3, 0.4) is 0 Å². The third-order valence-electron chi connectivity index (χ3n) is 1.85. The molecule has 0 spiro atoms. The van der Waals surface area contributed by atoms with E-state index in [0.29, 0.717) is 0 Å². The number of anilines is 1. The lowest BCUT2D eigenvalue weighted by Crippen LogP contribution is -2.08. The van der Waals surface area contributed by atoms with Crippen molar-refractivity contribution in [3.8, 4) is 0 Å². The Labute approximate surface area is 99.4 Å². The zero-order valence-corrected chi connectivity index (χ0v) is 11.2. The maximum Gasteiger partial charge on any atom is 0.0542 e. The van der Waals surface area contributed by atoms with Crippen LogP contribution in [0.2, 0.25) is 0 Å². The molecule has 0 aliphatic carbocycles. The van der Waals surface area contributed by atoms with E-state index in [2.05, 4.69) is 34.3 Å². The van der Waals surface area contributed by atoms with Gasteiger partial charge in [0.1, 0.15) is 0 Å². The van der Waals surface area contributed by atoms with Gasteiger partial charge in [-0.25, -0.2) is 0 Å². The summed E-state index contributed by atoms with van der Waals surface area (Å²) in [5, 5.41) is 5.94. The standard InChI is InChI=1S/C11H17N3.C2H6/c1-13(2)11-7-5-10(6-8-11)9-12-14(3)4;1-2/h5-9H,1-4H3;1-2H3. The maximum absolute atomic E-state index is 4.16. The second kappa shape index (κ2) is 7.74. The molecular formula is C13H23N3. The van der Waals surface area contributed by atoms with Gasteiger partial charge in [-0.2, -0.15) is 5.10 Å².